The van der Waals surface area contributed by atoms with Crippen LogP contribution in [0.5, 0.6) is 5.75 Å². The second-order valence-electron chi connectivity index (χ2n) is 4.63. The Morgan fingerprint density at radius 2 is 2.13 bits per heavy atom. The first kappa shape index (κ1) is 16.0. The zero-order chi connectivity index (χ0) is 16.8. The zero-order valence-corrected chi connectivity index (χ0v) is 12.3. The number of terminal acetylenes is 1. The van der Waals surface area contributed by atoms with Crippen molar-refractivity contribution in [2.75, 3.05) is 5.32 Å². The minimum atomic E-state index is -0.738. The van der Waals surface area contributed by atoms with Crippen LogP contribution in [0.2, 0.25) is 0 Å². The van der Waals surface area contributed by atoms with E-state index in [1.54, 1.807) is 31.3 Å². The number of anilines is 1. The van der Waals surface area contributed by atoms with Crippen LogP contribution in [-0.2, 0) is 9.53 Å². The number of aromatic nitrogens is 1. The van der Waals surface area contributed by atoms with Crippen molar-refractivity contribution in [1.82, 2.24) is 4.98 Å². The van der Waals surface area contributed by atoms with Crippen LogP contribution < -0.4 is 5.32 Å². The molecule has 0 saturated heterocycles. The van der Waals surface area contributed by atoms with E-state index >= 15 is 0 Å². The second kappa shape index (κ2) is 7.09. The molecule has 1 atom stereocenters. The van der Waals surface area contributed by atoms with Gasteiger partial charge in [-0.2, -0.15) is 0 Å². The fraction of sp³-hybridized carbons (Fsp3) is 0.118. The van der Waals surface area contributed by atoms with E-state index in [1.165, 1.54) is 18.2 Å². The highest BCUT2D eigenvalue weighted by Crippen LogP contribution is 2.25. The van der Waals surface area contributed by atoms with Crippen molar-refractivity contribution in [2.24, 2.45) is 0 Å². The van der Waals surface area contributed by atoms with Gasteiger partial charge in [0.05, 0.1) is 5.69 Å². The average molecular weight is 310 g/mol. The molecule has 1 heterocycles. The molecule has 0 aliphatic heterocycles. The molecule has 0 bridgehead atoms. The number of ether oxygens (including phenoxy) is 1. The summed E-state index contributed by atoms with van der Waals surface area (Å²) in [7, 11) is 0. The lowest BCUT2D eigenvalue weighted by Crippen LogP contribution is -2.12. The molecular weight excluding hydrogens is 296 g/mol. The van der Waals surface area contributed by atoms with Gasteiger partial charge in [-0.15, -0.1) is 6.42 Å². The van der Waals surface area contributed by atoms with Crippen molar-refractivity contribution in [3.8, 4) is 18.1 Å². The number of nitrogens with one attached hydrogen (secondary N) is 1. The van der Waals surface area contributed by atoms with Gasteiger partial charge >= 0.3 is 5.97 Å². The summed E-state index contributed by atoms with van der Waals surface area (Å²) < 4.78 is 5.28. The van der Waals surface area contributed by atoms with Crippen molar-refractivity contribution in [2.45, 2.75) is 13.0 Å². The van der Waals surface area contributed by atoms with Gasteiger partial charge in [-0.1, -0.05) is 6.07 Å². The first-order valence-corrected chi connectivity index (χ1v) is 6.73. The number of nitrogens with zero attached hydrogens (tertiary/aromatic N) is 1. The number of aromatic hydroxyl groups is 1. The normalized spacial score (nSPS) is 11.1. The van der Waals surface area contributed by atoms with E-state index in [1.807, 2.05) is 5.92 Å². The highest BCUT2D eigenvalue weighted by atomic mass is 16.5. The Labute approximate surface area is 133 Å². The second-order valence-corrected chi connectivity index (χ2v) is 4.63. The summed E-state index contributed by atoms with van der Waals surface area (Å²) in [4.78, 5) is 27.5. The monoisotopic (exact) mass is 310 g/mol. The van der Waals surface area contributed by atoms with E-state index in [-0.39, 0.29) is 17.0 Å². The standard InChI is InChI=1S/C17H14N2O4/c1-3-16(21)19-12-7-8-15(20)13(10-12)17(22)23-11(2)14-6-4-5-9-18-14/h1,4-11,20H,2H3,(H,19,21). The van der Waals surface area contributed by atoms with Gasteiger partial charge in [0.25, 0.3) is 5.91 Å². The van der Waals surface area contributed by atoms with Crippen LogP contribution in [0, 0.1) is 12.3 Å². The number of rotatable bonds is 4. The van der Waals surface area contributed by atoms with Crippen LogP contribution >= 0.6 is 0 Å². The maximum absolute atomic E-state index is 12.2. The zero-order valence-electron chi connectivity index (χ0n) is 12.3. The average Bonchev–Trinajstić information content (AvgIpc) is 2.57. The molecule has 1 aromatic carbocycles. The Kier molecular flexibility index (Phi) is 4.95. The maximum atomic E-state index is 12.2. The minimum Gasteiger partial charge on any atom is -0.507 e. The number of carbonyl (C=O) groups is 2. The third-order valence-electron chi connectivity index (χ3n) is 2.99. The van der Waals surface area contributed by atoms with Gasteiger partial charge < -0.3 is 15.2 Å². The number of hydrogen-bond donors (Lipinski definition) is 2. The van der Waals surface area contributed by atoms with Gasteiger partial charge in [0.15, 0.2) is 0 Å². The number of benzene rings is 1. The summed E-state index contributed by atoms with van der Waals surface area (Å²) in [6, 6.07) is 9.23. The lowest BCUT2D eigenvalue weighted by Gasteiger charge is -2.14. The summed E-state index contributed by atoms with van der Waals surface area (Å²) >= 11 is 0. The van der Waals surface area contributed by atoms with Crippen LogP contribution in [-0.4, -0.2) is 22.0 Å². The van der Waals surface area contributed by atoms with Crippen molar-refractivity contribution < 1.29 is 19.4 Å². The SMILES string of the molecule is C#CC(=O)Nc1ccc(O)c(C(=O)OC(C)c2ccccn2)c1. The Morgan fingerprint density at radius 3 is 2.78 bits per heavy atom. The molecule has 6 heteroatoms. The lowest BCUT2D eigenvalue weighted by atomic mass is 10.1. The number of amides is 1. The Balaban J connectivity index is 2.17. The van der Waals surface area contributed by atoms with E-state index in [4.69, 9.17) is 11.2 Å². The molecule has 2 aromatic rings. The molecule has 0 aliphatic rings. The fourth-order valence-corrected chi connectivity index (χ4v) is 1.85. The van der Waals surface area contributed by atoms with Crippen LogP contribution in [0.4, 0.5) is 5.69 Å². The molecule has 0 spiro atoms. The minimum absolute atomic E-state index is 0.0809. The third kappa shape index (κ3) is 4.08. The van der Waals surface area contributed by atoms with E-state index < -0.39 is 18.0 Å². The van der Waals surface area contributed by atoms with Crippen molar-refractivity contribution >= 4 is 17.6 Å². The molecule has 0 saturated carbocycles. The molecule has 23 heavy (non-hydrogen) atoms. The molecule has 6 nitrogen and oxygen atoms in total. The first-order chi connectivity index (χ1) is 11.0. The molecule has 1 amide bonds. The fourth-order valence-electron chi connectivity index (χ4n) is 1.85. The molecule has 116 valence electrons. The van der Waals surface area contributed by atoms with Crippen LogP contribution in [0.15, 0.2) is 42.6 Å². The van der Waals surface area contributed by atoms with Gasteiger partial charge in [0, 0.05) is 11.9 Å². The van der Waals surface area contributed by atoms with Gasteiger partial charge in [0.1, 0.15) is 17.4 Å². The van der Waals surface area contributed by atoms with Gasteiger partial charge in [-0.25, -0.2) is 4.79 Å². The highest BCUT2D eigenvalue weighted by Gasteiger charge is 2.18. The summed E-state index contributed by atoms with van der Waals surface area (Å²) in [6.45, 7) is 1.67. The number of hydrogen-bond acceptors (Lipinski definition) is 5. The Bertz CT molecular complexity index is 766. The molecule has 0 radical (unpaired) electrons. The number of phenolic OH excluding ortho intramolecular Hbond substituents is 1. The molecular formula is C17H14N2O4. The van der Waals surface area contributed by atoms with Gasteiger partial charge in [0.2, 0.25) is 0 Å². The topological polar surface area (TPSA) is 88.5 Å². The smallest absolute Gasteiger partial charge is 0.342 e. The molecule has 2 N–H and O–H groups in total. The molecule has 2 rings (SSSR count). The van der Waals surface area contributed by atoms with Gasteiger partial charge in [-0.05, 0) is 43.2 Å². The third-order valence-corrected chi connectivity index (χ3v) is 2.99. The number of carbonyl (C=O) groups excluding carboxylic acids is 2. The summed E-state index contributed by atoms with van der Waals surface area (Å²) in [5, 5.41) is 12.2. The van der Waals surface area contributed by atoms with Crippen LogP contribution in [0.25, 0.3) is 0 Å². The van der Waals surface area contributed by atoms with Gasteiger partial charge in [-0.3, -0.25) is 9.78 Å². The number of esters is 1. The maximum Gasteiger partial charge on any atom is 0.342 e. The number of pyridine rings is 1. The van der Waals surface area contributed by atoms with E-state index in [2.05, 4.69) is 10.3 Å². The summed E-state index contributed by atoms with van der Waals surface area (Å²) in [5.41, 5.74) is 0.780. The highest BCUT2D eigenvalue weighted by molar-refractivity contribution is 6.04. The van der Waals surface area contributed by atoms with Crippen LogP contribution in [0.1, 0.15) is 29.1 Å². The van der Waals surface area contributed by atoms with Crippen molar-refractivity contribution in [3.63, 3.8) is 0 Å². The van der Waals surface area contributed by atoms with E-state index in [0.717, 1.165) is 0 Å². The summed E-state index contributed by atoms with van der Waals surface area (Å²) in [5.74, 6) is 0.237. The Hall–Kier alpha value is -3.33. The lowest BCUT2D eigenvalue weighted by molar-refractivity contribution is -0.111. The number of phenols is 1. The first-order valence-electron chi connectivity index (χ1n) is 6.73. The van der Waals surface area contributed by atoms with Crippen molar-refractivity contribution in [1.29, 1.82) is 0 Å². The largest absolute Gasteiger partial charge is 0.507 e. The molecule has 0 aliphatic carbocycles. The van der Waals surface area contributed by atoms with E-state index in [0.29, 0.717) is 5.69 Å². The van der Waals surface area contributed by atoms with Crippen LogP contribution in [0.3, 0.4) is 0 Å². The Morgan fingerprint density at radius 1 is 1.35 bits per heavy atom. The van der Waals surface area contributed by atoms with E-state index in [9.17, 15) is 14.7 Å². The molecule has 0 fully saturated rings. The predicted molar refractivity (Wildman–Crippen MR) is 83.6 cm³/mol. The molecule has 1 unspecified atom stereocenters. The molecule has 1 aromatic heterocycles. The summed E-state index contributed by atoms with van der Waals surface area (Å²) in [6.07, 6.45) is 5.97. The quantitative estimate of drug-likeness (QED) is 0.514. The predicted octanol–water partition coefficient (Wildman–Crippen LogP) is 2.28. The van der Waals surface area contributed by atoms with Crippen molar-refractivity contribution in [3.05, 3.63) is 53.9 Å².